The van der Waals surface area contributed by atoms with Gasteiger partial charge in [-0.25, -0.2) is 0 Å². The van der Waals surface area contributed by atoms with Crippen molar-refractivity contribution in [2.45, 2.75) is 18.5 Å². The fourth-order valence-electron chi connectivity index (χ4n) is 2.12. The van der Waals surface area contributed by atoms with Gasteiger partial charge in [-0.3, -0.25) is 4.98 Å². The maximum Gasteiger partial charge on any atom is 0.0621 e. The molecule has 1 aromatic heterocycles. The predicted octanol–water partition coefficient (Wildman–Crippen LogP) is 1.65. The van der Waals surface area contributed by atoms with Crippen LogP contribution in [-0.2, 0) is 6.42 Å². The SMILES string of the molecule is CN1CCSCC1C(N)Cc1ccncc1Cl. The van der Waals surface area contributed by atoms with E-state index >= 15 is 0 Å². The first-order chi connectivity index (χ1) is 8.18. The van der Waals surface area contributed by atoms with Gasteiger partial charge in [0.05, 0.1) is 5.02 Å². The predicted molar refractivity (Wildman–Crippen MR) is 74.7 cm³/mol. The third-order valence-corrected chi connectivity index (χ3v) is 4.64. The van der Waals surface area contributed by atoms with Crippen LogP contribution in [-0.4, -0.2) is 47.1 Å². The lowest BCUT2D eigenvalue weighted by Gasteiger charge is -2.36. The van der Waals surface area contributed by atoms with Crippen LogP contribution in [0.2, 0.25) is 5.02 Å². The van der Waals surface area contributed by atoms with Crippen molar-refractivity contribution >= 4 is 23.4 Å². The van der Waals surface area contributed by atoms with Crippen molar-refractivity contribution in [3.63, 3.8) is 0 Å². The molecule has 2 N–H and O–H groups in total. The molecule has 2 rings (SSSR count). The molecular weight excluding hydrogens is 254 g/mol. The summed E-state index contributed by atoms with van der Waals surface area (Å²) < 4.78 is 0. The number of pyridine rings is 1. The molecule has 17 heavy (non-hydrogen) atoms. The van der Waals surface area contributed by atoms with Crippen LogP contribution >= 0.6 is 23.4 Å². The average molecular weight is 272 g/mol. The van der Waals surface area contributed by atoms with Gasteiger partial charge in [-0.1, -0.05) is 11.6 Å². The number of nitrogens with zero attached hydrogens (tertiary/aromatic N) is 2. The highest BCUT2D eigenvalue weighted by molar-refractivity contribution is 7.99. The summed E-state index contributed by atoms with van der Waals surface area (Å²) >= 11 is 8.09. The zero-order chi connectivity index (χ0) is 12.3. The molecule has 1 aliphatic heterocycles. The molecule has 2 unspecified atom stereocenters. The van der Waals surface area contributed by atoms with E-state index in [0.29, 0.717) is 11.1 Å². The summed E-state index contributed by atoms with van der Waals surface area (Å²) in [4.78, 5) is 6.35. The summed E-state index contributed by atoms with van der Waals surface area (Å²) in [5.41, 5.74) is 7.40. The van der Waals surface area contributed by atoms with Gasteiger partial charge in [-0.05, 0) is 25.1 Å². The normalized spacial score (nSPS) is 23.6. The topological polar surface area (TPSA) is 42.1 Å². The lowest BCUT2D eigenvalue weighted by atomic mass is 10.0. The molecule has 1 saturated heterocycles. The average Bonchev–Trinajstić information content (AvgIpc) is 2.32. The molecule has 1 aliphatic rings. The van der Waals surface area contributed by atoms with Crippen LogP contribution in [0.3, 0.4) is 0 Å². The molecule has 94 valence electrons. The van der Waals surface area contributed by atoms with Gasteiger partial charge in [0.15, 0.2) is 0 Å². The van der Waals surface area contributed by atoms with E-state index in [4.69, 9.17) is 17.3 Å². The zero-order valence-corrected chi connectivity index (χ0v) is 11.5. The van der Waals surface area contributed by atoms with Crippen molar-refractivity contribution in [1.82, 2.24) is 9.88 Å². The zero-order valence-electron chi connectivity index (χ0n) is 9.97. The molecule has 5 heteroatoms. The van der Waals surface area contributed by atoms with E-state index in [9.17, 15) is 0 Å². The van der Waals surface area contributed by atoms with E-state index in [1.165, 1.54) is 5.75 Å². The van der Waals surface area contributed by atoms with Crippen LogP contribution in [0.25, 0.3) is 0 Å². The standard InChI is InChI=1S/C12H18ClN3S/c1-16-4-5-17-8-12(16)11(14)6-9-2-3-15-7-10(9)13/h2-3,7,11-12H,4-6,8,14H2,1H3. The van der Waals surface area contributed by atoms with E-state index < -0.39 is 0 Å². The molecule has 0 bridgehead atoms. The maximum atomic E-state index is 6.31. The van der Waals surface area contributed by atoms with Gasteiger partial charge >= 0.3 is 0 Å². The molecular formula is C12H18ClN3S. The van der Waals surface area contributed by atoms with E-state index in [2.05, 4.69) is 16.9 Å². The van der Waals surface area contributed by atoms with E-state index in [0.717, 1.165) is 24.3 Å². The highest BCUT2D eigenvalue weighted by atomic mass is 35.5. The second kappa shape index (κ2) is 6.05. The van der Waals surface area contributed by atoms with Gasteiger partial charge in [0.1, 0.15) is 0 Å². The number of rotatable bonds is 3. The van der Waals surface area contributed by atoms with Gasteiger partial charge in [-0.2, -0.15) is 11.8 Å². The van der Waals surface area contributed by atoms with E-state index in [-0.39, 0.29) is 6.04 Å². The first-order valence-corrected chi connectivity index (χ1v) is 7.33. The molecule has 0 aromatic carbocycles. The Balaban J connectivity index is 2.01. The fourth-order valence-corrected chi connectivity index (χ4v) is 3.64. The number of hydrogen-bond acceptors (Lipinski definition) is 4. The van der Waals surface area contributed by atoms with Crippen molar-refractivity contribution in [2.24, 2.45) is 5.73 Å². The summed E-state index contributed by atoms with van der Waals surface area (Å²) in [6, 6.07) is 2.53. The van der Waals surface area contributed by atoms with Crippen molar-refractivity contribution < 1.29 is 0 Å². The molecule has 0 radical (unpaired) electrons. The highest BCUT2D eigenvalue weighted by Gasteiger charge is 2.25. The summed E-state index contributed by atoms with van der Waals surface area (Å²) in [7, 11) is 2.15. The van der Waals surface area contributed by atoms with Gasteiger partial charge < -0.3 is 10.6 Å². The molecule has 0 saturated carbocycles. The molecule has 3 nitrogen and oxygen atoms in total. The van der Waals surface area contributed by atoms with Crippen molar-refractivity contribution in [3.8, 4) is 0 Å². The molecule has 1 fully saturated rings. The van der Waals surface area contributed by atoms with Crippen LogP contribution in [0.4, 0.5) is 0 Å². The molecule has 2 atom stereocenters. The van der Waals surface area contributed by atoms with Crippen LogP contribution < -0.4 is 5.73 Å². The number of halogens is 1. The van der Waals surface area contributed by atoms with Crippen molar-refractivity contribution in [3.05, 3.63) is 29.0 Å². The monoisotopic (exact) mass is 271 g/mol. The van der Waals surface area contributed by atoms with Gasteiger partial charge in [0.25, 0.3) is 0 Å². The van der Waals surface area contributed by atoms with E-state index in [1.807, 2.05) is 17.8 Å². The molecule has 1 aromatic rings. The first-order valence-electron chi connectivity index (χ1n) is 5.80. The Morgan fingerprint density at radius 3 is 3.24 bits per heavy atom. The van der Waals surface area contributed by atoms with Crippen LogP contribution in [0.1, 0.15) is 5.56 Å². The number of aromatic nitrogens is 1. The van der Waals surface area contributed by atoms with Crippen LogP contribution in [0.15, 0.2) is 18.5 Å². The van der Waals surface area contributed by atoms with Crippen LogP contribution in [0.5, 0.6) is 0 Å². The largest absolute Gasteiger partial charge is 0.326 e. The van der Waals surface area contributed by atoms with Gasteiger partial charge in [-0.15, -0.1) is 0 Å². The number of hydrogen-bond donors (Lipinski definition) is 1. The van der Waals surface area contributed by atoms with E-state index in [1.54, 1.807) is 12.4 Å². The number of thioether (sulfide) groups is 1. The summed E-state index contributed by atoms with van der Waals surface area (Å²) in [6.07, 6.45) is 4.27. The Kier molecular flexibility index (Phi) is 4.68. The number of nitrogens with two attached hydrogens (primary N) is 1. The Morgan fingerprint density at radius 2 is 2.53 bits per heavy atom. The molecule has 0 aliphatic carbocycles. The van der Waals surface area contributed by atoms with Gasteiger partial charge in [0, 0.05) is 42.5 Å². The third-order valence-electron chi connectivity index (χ3n) is 3.25. The Hall–Kier alpha value is -0.290. The smallest absolute Gasteiger partial charge is 0.0621 e. The lowest BCUT2D eigenvalue weighted by molar-refractivity contribution is 0.235. The third kappa shape index (κ3) is 3.35. The summed E-state index contributed by atoms with van der Waals surface area (Å²) in [6.45, 7) is 1.12. The molecule has 2 heterocycles. The summed E-state index contributed by atoms with van der Waals surface area (Å²) in [5, 5.41) is 0.717. The lowest BCUT2D eigenvalue weighted by Crippen LogP contribution is -2.51. The summed E-state index contributed by atoms with van der Waals surface area (Å²) in [5.74, 6) is 2.32. The second-order valence-electron chi connectivity index (χ2n) is 4.46. The maximum absolute atomic E-state index is 6.31. The molecule has 0 spiro atoms. The quantitative estimate of drug-likeness (QED) is 0.908. The second-order valence-corrected chi connectivity index (χ2v) is 6.01. The first kappa shape index (κ1) is 13.1. The van der Waals surface area contributed by atoms with Crippen molar-refractivity contribution in [2.75, 3.05) is 25.1 Å². The Bertz CT molecular complexity index is 375. The number of likely N-dealkylation sites (N-methyl/N-ethyl adjacent to an activating group) is 1. The van der Waals surface area contributed by atoms with Gasteiger partial charge in [0.2, 0.25) is 0 Å². The Morgan fingerprint density at radius 1 is 1.71 bits per heavy atom. The minimum atomic E-state index is 0.132. The molecule has 0 amide bonds. The van der Waals surface area contributed by atoms with Crippen molar-refractivity contribution in [1.29, 1.82) is 0 Å². The van der Waals surface area contributed by atoms with Crippen LogP contribution in [0, 0.1) is 0 Å². The fraction of sp³-hybridized carbons (Fsp3) is 0.583. The highest BCUT2D eigenvalue weighted by Crippen LogP contribution is 2.21. The Labute approximate surface area is 112 Å². The minimum absolute atomic E-state index is 0.132. The minimum Gasteiger partial charge on any atom is -0.326 e.